The van der Waals surface area contributed by atoms with Gasteiger partial charge in [-0.05, 0) is 12.1 Å². The molecule has 0 saturated heterocycles. The lowest BCUT2D eigenvalue weighted by Gasteiger charge is -1.93. The average Bonchev–Trinajstić information content (AvgIpc) is 2.36. The molecule has 0 saturated carbocycles. The van der Waals surface area contributed by atoms with Crippen molar-refractivity contribution in [1.82, 2.24) is 9.97 Å². The van der Waals surface area contributed by atoms with Crippen molar-refractivity contribution in [1.29, 1.82) is 0 Å². The molecule has 0 radical (unpaired) electrons. The standard InChI is InChI=1S/C7H4Cl2N2/c8-4-3-6-5(1-2-10-6)11-7(4)9/h1-3,10H. The van der Waals surface area contributed by atoms with Gasteiger partial charge in [0.05, 0.1) is 16.1 Å². The molecule has 2 aromatic rings. The highest BCUT2D eigenvalue weighted by Gasteiger charge is 2.01. The van der Waals surface area contributed by atoms with Gasteiger partial charge in [-0.1, -0.05) is 23.2 Å². The molecule has 2 heterocycles. The number of halogens is 2. The molecular formula is C7H4Cl2N2. The average molecular weight is 187 g/mol. The molecule has 0 unspecified atom stereocenters. The van der Waals surface area contributed by atoms with Crippen molar-refractivity contribution in [2.75, 3.05) is 0 Å². The van der Waals surface area contributed by atoms with Crippen LogP contribution >= 0.6 is 23.2 Å². The topological polar surface area (TPSA) is 28.7 Å². The van der Waals surface area contributed by atoms with Gasteiger partial charge in [0.2, 0.25) is 0 Å². The van der Waals surface area contributed by atoms with Crippen LogP contribution in [0, 0.1) is 0 Å². The minimum absolute atomic E-state index is 0.346. The van der Waals surface area contributed by atoms with Crippen molar-refractivity contribution in [2.24, 2.45) is 0 Å². The SMILES string of the molecule is Clc1cc2[nH]ccc2nc1Cl. The number of fused-ring (bicyclic) bond motifs is 1. The second kappa shape index (κ2) is 2.40. The molecule has 0 spiro atoms. The van der Waals surface area contributed by atoms with Crippen molar-refractivity contribution in [3.63, 3.8) is 0 Å². The summed E-state index contributed by atoms with van der Waals surface area (Å²) in [5, 5.41) is 0.820. The monoisotopic (exact) mass is 186 g/mol. The molecule has 0 aliphatic carbocycles. The third-order valence-electron chi connectivity index (χ3n) is 1.44. The Labute approximate surface area is 73.1 Å². The van der Waals surface area contributed by atoms with E-state index in [1.165, 1.54) is 0 Å². The first-order valence-electron chi connectivity index (χ1n) is 3.06. The van der Waals surface area contributed by atoms with Crippen LogP contribution < -0.4 is 0 Å². The Morgan fingerprint density at radius 1 is 1.36 bits per heavy atom. The predicted octanol–water partition coefficient (Wildman–Crippen LogP) is 2.87. The van der Waals surface area contributed by atoms with Crippen LogP contribution in [0.2, 0.25) is 10.2 Å². The Morgan fingerprint density at radius 3 is 3.00 bits per heavy atom. The first kappa shape index (κ1) is 6.95. The largest absolute Gasteiger partial charge is 0.360 e. The van der Waals surface area contributed by atoms with Crippen molar-refractivity contribution in [3.8, 4) is 0 Å². The van der Waals surface area contributed by atoms with E-state index in [1.807, 2.05) is 6.07 Å². The summed E-state index contributed by atoms with van der Waals surface area (Å²) in [5.41, 5.74) is 1.74. The van der Waals surface area contributed by atoms with E-state index in [1.54, 1.807) is 12.3 Å². The number of H-pyrrole nitrogens is 1. The van der Waals surface area contributed by atoms with Gasteiger partial charge >= 0.3 is 0 Å². The van der Waals surface area contributed by atoms with Crippen LogP contribution in [-0.2, 0) is 0 Å². The van der Waals surface area contributed by atoms with Crippen molar-refractivity contribution in [3.05, 3.63) is 28.5 Å². The number of nitrogens with zero attached hydrogens (tertiary/aromatic N) is 1. The zero-order chi connectivity index (χ0) is 7.84. The van der Waals surface area contributed by atoms with Crippen LogP contribution in [0.4, 0.5) is 0 Å². The zero-order valence-corrected chi connectivity index (χ0v) is 6.95. The minimum Gasteiger partial charge on any atom is -0.360 e. The zero-order valence-electron chi connectivity index (χ0n) is 5.44. The summed E-state index contributed by atoms with van der Waals surface area (Å²) in [7, 11) is 0. The summed E-state index contributed by atoms with van der Waals surface area (Å²) >= 11 is 11.4. The quantitative estimate of drug-likeness (QED) is 0.631. The van der Waals surface area contributed by atoms with E-state index in [-0.39, 0.29) is 0 Å². The number of rotatable bonds is 0. The maximum Gasteiger partial charge on any atom is 0.148 e. The van der Waals surface area contributed by atoms with E-state index in [2.05, 4.69) is 9.97 Å². The fourth-order valence-electron chi connectivity index (χ4n) is 0.933. The van der Waals surface area contributed by atoms with E-state index in [4.69, 9.17) is 23.2 Å². The number of aromatic nitrogens is 2. The summed E-state index contributed by atoms with van der Waals surface area (Å²) < 4.78 is 0. The molecule has 0 amide bonds. The molecule has 0 fully saturated rings. The minimum atomic E-state index is 0.346. The molecule has 2 aromatic heterocycles. The van der Waals surface area contributed by atoms with Gasteiger partial charge in [0.25, 0.3) is 0 Å². The van der Waals surface area contributed by atoms with Crippen LogP contribution in [0.5, 0.6) is 0 Å². The number of pyridine rings is 1. The molecule has 0 atom stereocenters. The highest BCUT2D eigenvalue weighted by Crippen LogP contribution is 2.23. The second-order valence-electron chi connectivity index (χ2n) is 2.17. The Kier molecular flexibility index (Phi) is 1.51. The molecular weight excluding hydrogens is 183 g/mol. The van der Waals surface area contributed by atoms with Crippen LogP contribution in [0.1, 0.15) is 0 Å². The molecule has 0 bridgehead atoms. The Bertz CT molecular complexity index is 358. The lowest BCUT2D eigenvalue weighted by atomic mass is 10.4. The fraction of sp³-hybridized carbons (Fsp3) is 0. The van der Waals surface area contributed by atoms with E-state index in [0.717, 1.165) is 11.0 Å². The summed E-state index contributed by atoms with van der Waals surface area (Å²) in [6, 6.07) is 3.60. The predicted molar refractivity (Wildman–Crippen MR) is 46.1 cm³/mol. The molecule has 2 rings (SSSR count). The molecule has 2 nitrogen and oxygen atoms in total. The van der Waals surface area contributed by atoms with Crippen LogP contribution in [0.3, 0.4) is 0 Å². The van der Waals surface area contributed by atoms with Crippen LogP contribution in [0.15, 0.2) is 18.3 Å². The maximum absolute atomic E-state index is 5.73. The number of nitrogens with one attached hydrogen (secondary N) is 1. The van der Waals surface area contributed by atoms with E-state index < -0.39 is 0 Å². The van der Waals surface area contributed by atoms with Crippen LogP contribution in [0.25, 0.3) is 11.0 Å². The fourth-order valence-corrected chi connectivity index (χ4v) is 1.23. The third-order valence-corrected chi connectivity index (χ3v) is 2.12. The summed E-state index contributed by atoms with van der Waals surface area (Å²) in [6.45, 7) is 0. The lowest BCUT2D eigenvalue weighted by Crippen LogP contribution is -1.77. The third kappa shape index (κ3) is 1.08. The maximum atomic E-state index is 5.73. The molecule has 4 heteroatoms. The molecule has 56 valence electrons. The molecule has 11 heavy (non-hydrogen) atoms. The summed E-state index contributed by atoms with van der Waals surface area (Å²) in [4.78, 5) is 7.02. The normalized spacial score (nSPS) is 10.7. The molecule has 0 aliphatic heterocycles. The van der Waals surface area contributed by atoms with Gasteiger partial charge in [-0.25, -0.2) is 4.98 Å². The van der Waals surface area contributed by atoms with Crippen molar-refractivity contribution < 1.29 is 0 Å². The highest BCUT2D eigenvalue weighted by atomic mass is 35.5. The lowest BCUT2D eigenvalue weighted by molar-refractivity contribution is 1.40. The number of aromatic amines is 1. The van der Waals surface area contributed by atoms with Crippen molar-refractivity contribution in [2.45, 2.75) is 0 Å². The van der Waals surface area contributed by atoms with E-state index >= 15 is 0 Å². The van der Waals surface area contributed by atoms with Gasteiger partial charge in [0, 0.05) is 6.20 Å². The van der Waals surface area contributed by atoms with Gasteiger partial charge in [-0.2, -0.15) is 0 Å². The summed E-state index contributed by atoms with van der Waals surface area (Å²) in [5.74, 6) is 0. The van der Waals surface area contributed by atoms with E-state index in [9.17, 15) is 0 Å². The van der Waals surface area contributed by atoms with Gasteiger partial charge < -0.3 is 4.98 Å². The van der Waals surface area contributed by atoms with Gasteiger partial charge in [0.15, 0.2) is 0 Å². The van der Waals surface area contributed by atoms with E-state index in [0.29, 0.717) is 10.2 Å². The Morgan fingerprint density at radius 2 is 2.18 bits per heavy atom. The molecule has 0 aliphatic rings. The number of hydrogen-bond donors (Lipinski definition) is 1. The molecule has 0 aromatic carbocycles. The Hall–Kier alpha value is -0.730. The first-order valence-corrected chi connectivity index (χ1v) is 3.82. The molecule has 1 N–H and O–H groups in total. The number of hydrogen-bond acceptors (Lipinski definition) is 1. The first-order chi connectivity index (χ1) is 5.27. The van der Waals surface area contributed by atoms with Gasteiger partial charge in [0.1, 0.15) is 5.15 Å². The smallest absolute Gasteiger partial charge is 0.148 e. The van der Waals surface area contributed by atoms with Crippen molar-refractivity contribution >= 4 is 34.2 Å². The van der Waals surface area contributed by atoms with Gasteiger partial charge in [-0.3, -0.25) is 0 Å². The van der Waals surface area contributed by atoms with Gasteiger partial charge in [-0.15, -0.1) is 0 Å². The summed E-state index contributed by atoms with van der Waals surface area (Å²) in [6.07, 6.45) is 1.80. The Balaban J connectivity index is 2.86. The highest BCUT2D eigenvalue weighted by molar-refractivity contribution is 6.41. The second-order valence-corrected chi connectivity index (χ2v) is 2.94. The van der Waals surface area contributed by atoms with Crippen LogP contribution in [-0.4, -0.2) is 9.97 Å².